The molecule has 0 bridgehead atoms. The molecule has 0 saturated heterocycles. The number of carbonyl (C=O) groups excluding carboxylic acids is 1. The third kappa shape index (κ3) is 3.62. The predicted molar refractivity (Wildman–Crippen MR) is 65.1 cm³/mol. The third-order valence-electron chi connectivity index (χ3n) is 2.54. The Kier molecular flexibility index (Phi) is 4.92. The van der Waals surface area contributed by atoms with E-state index in [1.54, 1.807) is 6.20 Å². The summed E-state index contributed by atoms with van der Waals surface area (Å²) in [4.78, 5) is 15.9. The normalized spacial score (nSPS) is 12.2. The Morgan fingerprint density at radius 1 is 1.62 bits per heavy atom. The molecule has 4 heteroatoms. The SMILES string of the molecule is Cc1cccnc1NC(=O)C(C)CCCN. The zero-order valence-corrected chi connectivity index (χ0v) is 9.86. The first-order chi connectivity index (χ1) is 7.65. The van der Waals surface area contributed by atoms with Crippen molar-refractivity contribution in [1.29, 1.82) is 0 Å². The molecule has 1 aromatic rings. The highest BCUT2D eigenvalue weighted by atomic mass is 16.1. The number of anilines is 1. The van der Waals surface area contributed by atoms with Crippen LogP contribution in [0.4, 0.5) is 5.82 Å². The minimum Gasteiger partial charge on any atom is -0.330 e. The molecule has 1 heterocycles. The van der Waals surface area contributed by atoms with Gasteiger partial charge in [0, 0.05) is 12.1 Å². The van der Waals surface area contributed by atoms with Crippen LogP contribution in [-0.4, -0.2) is 17.4 Å². The molecule has 1 amide bonds. The Labute approximate surface area is 96.3 Å². The second-order valence-electron chi connectivity index (χ2n) is 3.99. The molecule has 0 aromatic carbocycles. The standard InChI is InChI=1S/C12H19N3O/c1-9-6-4-8-14-11(9)15-12(16)10(2)5-3-7-13/h4,6,8,10H,3,5,7,13H2,1-2H3,(H,14,15,16). The molecule has 3 N–H and O–H groups in total. The fourth-order valence-corrected chi connectivity index (χ4v) is 1.41. The van der Waals surface area contributed by atoms with E-state index in [0.29, 0.717) is 12.4 Å². The number of hydrogen-bond donors (Lipinski definition) is 2. The van der Waals surface area contributed by atoms with Gasteiger partial charge < -0.3 is 11.1 Å². The summed E-state index contributed by atoms with van der Waals surface area (Å²) in [5.41, 5.74) is 6.38. The number of nitrogens with two attached hydrogens (primary N) is 1. The number of nitrogens with one attached hydrogen (secondary N) is 1. The molecule has 0 saturated carbocycles. The summed E-state index contributed by atoms with van der Waals surface area (Å²) in [6, 6.07) is 3.77. The van der Waals surface area contributed by atoms with E-state index < -0.39 is 0 Å². The summed E-state index contributed by atoms with van der Waals surface area (Å²) in [5, 5.41) is 2.83. The molecule has 0 fully saturated rings. The van der Waals surface area contributed by atoms with Gasteiger partial charge >= 0.3 is 0 Å². The average Bonchev–Trinajstić information content (AvgIpc) is 2.28. The van der Waals surface area contributed by atoms with Crippen molar-refractivity contribution >= 4 is 11.7 Å². The van der Waals surface area contributed by atoms with Gasteiger partial charge in [-0.2, -0.15) is 0 Å². The van der Waals surface area contributed by atoms with Crippen LogP contribution in [0, 0.1) is 12.8 Å². The molecule has 0 aliphatic rings. The molecular weight excluding hydrogens is 202 g/mol. The monoisotopic (exact) mass is 221 g/mol. The number of nitrogens with zero attached hydrogens (tertiary/aromatic N) is 1. The molecule has 1 unspecified atom stereocenters. The number of amides is 1. The molecule has 88 valence electrons. The highest BCUT2D eigenvalue weighted by Crippen LogP contribution is 2.12. The van der Waals surface area contributed by atoms with E-state index in [9.17, 15) is 4.79 Å². The first-order valence-corrected chi connectivity index (χ1v) is 5.57. The van der Waals surface area contributed by atoms with Gasteiger partial charge in [0.05, 0.1) is 0 Å². The van der Waals surface area contributed by atoms with Gasteiger partial charge in [-0.1, -0.05) is 13.0 Å². The highest BCUT2D eigenvalue weighted by Gasteiger charge is 2.13. The van der Waals surface area contributed by atoms with Crippen molar-refractivity contribution in [2.45, 2.75) is 26.7 Å². The van der Waals surface area contributed by atoms with Crippen LogP contribution in [0.2, 0.25) is 0 Å². The van der Waals surface area contributed by atoms with Crippen LogP contribution in [0.25, 0.3) is 0 Å². The number of pyridine rings is 1. The van der Waals surface area contributed by atoms with Crippen LogP contribution in [0.5, 0.6) is 0 Å². The molecule has 4 nitrogen and oxygen atoms in total. The lowest BCUT2D eigenvalue weighted by molar-refractivity contribution is -0.119. The topological polar surface area (TPSA) is 68.0 Å². The van der Waals surface area contributed by atoms with E-state index in [-0.39, 0.29) is 11.8 Å². The second-order valence-corrected chi connectivity index (χ2v) is 3.99. The van der Waals surface area contributed by atoms with Crippen molar-refractivity contribution < 1.29 is 4.79 Å². The average molecular weight is 221 g/mol. The van der Waals surface area contributed by atoms with E-state index in [4.69, 9.17) is 5.73 Å². The van der Waals surface area contributed by atoms with E-state index in [0.717, 1.165) is 18.4 Å². The minimum atomic E-state index is -0.0232. The summed E-state index contributed by atoms with van der Waals surface area (Å²) in [7, 11) is 0. The summed E-state index contributed by atoms with van der Waals surface area (Å²) in [6.07, 6.45) is 3.36. The minimum absolute atomic E-state index is 0.00949. The number of hydrogen-bond acceptors (Lipinski definition) is 3. The van der Waals surface area contributed by atoms with Crippen molar-refractivity contribution in [3.05, 3.63) is 23.9 Å². The highest BCUT2D eigenvalue weighted by molar-refractivity contribution is 5.91. The van der Waals surface area contributed by atoms with E-state index in [1.165, 1.54) is 0 Å². The Morgan fingerprint density at radius 3 is 3.00 bits per heavy atom. The molecule has 1 atom stereocenters. The molecule has 1 rings (SSSR count). The number of rotatable bonds is 5. The van der Waals surface area contributed by atoms with Crippen LogP contribution in [-0.2, 0) is 4.79 Å². The molecule has 1 aromatic heterocycles. The largest absolute Gasteiger partial charge is 0.330 e. The molecular formula is C12H19N3O. The lowest BCUT2D eigenvalue weighted by atomic mass is 10.0. The van der Waals surface area contributed by atoms with Crippen LogP contribution in [0.3, 0.4) is 0 Å². The van der Waals surface area contributed by atoms with Crippen molar-refractivity contribution in [2.24, 2.45) is 11.7 Å². The molecule has 0 radical (unpaired) electrons. The van der Waals surface area contributed by atoms with Gasteiger partial charge in [-0.25, -0.2) is 4.98 Å². The van der Waals surface area contributed by atoms with Gasteiger partial charge in [-0.3, -0.25) is 4.79 Å². The summed E-state index contributed by atoms with van der Waals surface area (Å²) in [5.74, 6) is 0.632. The number of aryl methyl sites for hydroxylation is 1. The van der Waals surface area contributed by atoms with Gasteiger partial charge in [0.25, 0.3) is 0 Å². The maximum absolute atomic E-state index is 11.8. The maximum atomic E-state index is 11.8. The summed E-state index contributed by atoms with van der Waals surface area (Å²) in [6.45, 7) is 4.46. The van der Waals surface area contributed by atoms with E-state index >= 15 is 0 Å². The van der Waals surface area contributed by atoms with Crippen molar-refractivity contribution in [2.75, 3.05) is 11.9 Å². The first kappa shape index (κ1) is 12.6. The molecule has 0 spiro atoms. The first-order valence-electron chi connectivity index (χ1n) is 5.57. The lowest BCUT2D eigenvalue weighted by Gasteiger charge is -2.12. The zero-order valence-electron chi connectivity index (χ0n) is 9.86. The van der Waals surface area contributed by atoms with Crippen LogP contribution in [0.1, 0.15) is 25.3 Å². The Balaban J connectivity index is 2.54. The fourth-order valence-electron chi connectivity index (χ4n) is 1.41. The zero-order chi connectivity index (χ0) is 12.0. The van der Waals surface area contributed by atoms with Gasteiger partial charge in [0.2, 0.25) is 5.91 Å². The smallest absolute Gasteiger partial charge is 0.228 e. The van der Waals surface area contributed by atoms with E-state index in [2.05, 4.69) is 10.3 Å². The van der Waals surface area contributed by atoms with Crippen LogP contribution < -0.4 is 11.1 Å². The molecule has 16 heavy (non-hydrogen) atoms. The van der Waals surface area contributed by atoms with Crippen LogP contribution >= 0.6 is 0 Å². The third-order valence-corrected chi connectivity index (χ3v) is 2.54. The Bertz CT molecular complexity index is 352. The quantitative estimate of drug-likeness (QED) is 0.795. The Hall–Kier alpha value is -1.42. The predicted octanol–water partition coefficient (Wildman–Crippen LogP) is 1.70. The van der Waals surface area contributed by atoms with Crippen molar-refractivity contribution in [1.82, 2.24) is 4.98 Å². The van der Waals surface area contributed by atoms with Crippen LogP contribution in [0.15, 0.2) is 18.3 Å². The Morgan fingerprint density at radius 2 is 2.38 bits per heavy atom. The number of carbonyl (C=O) groups is 1. The lowest BCUT2D eigenvalue weighted by Crippen LogP contribution is -2.22. The van der Waals surface area contributed by atoms with Crippen molar-refractivity contribution in [3.63, 3.8) is 0 Å². The molecule has 0 aliphatic carbocycles. The fraction of sp³-hybridized carbons (Fsp3) is 0.500. The summed E-state index contributed by atoms with van der Waals surface area (Å²) >= 11 is 0. The van der Waals surface area contributed by atoms with Gasteiger partial charge in [0.1, 0.15) is 5.82 Å². The van der Waals surface area contributed by atoms with Gasteiger partial charge in [0.15, 0.2) is 0 Å². The second kappa shape index (κ2) is 6.23. The maximum Gasteiger partial charge on any atom is 0.228 e. The number of aromatic nitrogens is 1. The van der Waals surface area contributed by atoms with Crippen molar-refractivity contribution in [3.8, 4) is 0 Å². The van der Waals surface area contributed by atoms with E-state index in [1.807, 2.05) is 26.0 Å². The molecule has 0 aliphatic heterocycles. The summed E-state index contributed by atoms with van der Waals surface area (Å²) < 4.78 is 0. The van der Waals surface area contributed by atoms with Gasteiger partial charge in [-0.05, 0) is 37.9 Å². The van der Waals surface area contributed by atoms with Gasteiger partial charge in [-0.15, -0.1) is 0 Å².